The number of hydrogen-bond donors (Lipinski definition) is 5. The molecule has 0 aliphatic heterocycles. The molecule has 0 radical (unpaired) electrons. The highest BCUT2D eigenvalue weighted by Crippen LogP contribution is 2.39. The summed E-state index contributed by atoms with van der Waals surface area (Å²) >= 11 is 0. The molecule has 10 rings (SSSR count). The van der Waals surface area contributed by atoms with E-state index in [-0.39, 0.29) is 5.78 Å². The molecule has 0 aliphatic carbocycles. The fourth-order valence-corrected chi connectivity index (χ4v) is 8.23. The average Bonchev–Trinajstić information content (AvgIpc) is 3.42. The topological polar surface area (TPSA) is 147 Å². The van der Waals surface area contributed by atoms with Gasteiger partial charge >= 0.3 is 0 Å². The molecule has 0 heterocycles. The molecule has 10 aromatic carbocycles. The first-order chi connectivity index (χ1) is 34.7. The molecule has 0 saturated carbocycles. The van der Waals surface area contributed by atoms with Crippen LogP contribution in [0.5, 0.6) is 0 Å². The average molecular weight is 922 g/mol. The van der Waals surface area contributed by atoms with Gasteiger partial charge in [-0.3, -0.25) is 4.79 Å². The Bertz CT molecular complexity index is 2960. The van der Waals surface area contributed by atoms with Crippen molar-refractivity contribution >= 4 is 56.5 Å². The van der Waals surface area contributed by atoms with Gasteiger partial charge in [-0.15, -0.1) is 0 Å². The Hall–Kier alpha value is -9.65. The number of carbonyl (C=O) groups excluding carboxylic acids is 1. The molecule has 6 nitrogen and oxygen atoms in total. The van der Waals surface area contributed by atoms with Crippen LogP contribution < -0.4 is 28.7 Å². The van der Waals surface area contributed by atoms with Crippen LogP contribution in [0.3, 0.4) is 0 Å². The lowest BCUT2D eigenvalue weighted by Crippen LogP contribution is -2.00. The molecule has 10 N–H and O–H groups in total. The molecule has 0 spiro atoms. The van der Waals surface area contributed by atoms with Gasteiger partial charge in [0.25, 0.3) is 0 Å². The smallest absolute Gasteiger partial charge is 0.193 e. The van der Waals surface area contributed by atoms with Crippen LogP contribution in [-0.4, -0.2) is 5.78 Å². The van der Waals surface area contributed by atoms with Crippen molar-refractivity contribution in [1.82, 2.24) is 0 Å². The minimum atomic E-state index is 0.0237. The first-order valence-electron chi connectivity index (χ1n) is 23.3. The van der Waals surface area contributed by atoms with E-state index in [4.69, 9.17) is 28.7 Å². The molecule has 0 saturated heterocycles. The van der Waals surface area contributed by atoms with Crippen LogP contribution in [0.15, 0.2) is 273 Å². The molecular formula is C65H55N5O. The van der Waals surface area contributed by atoms with E-state index in [1.54, 1.807) is 36.4 Å². The molecule has 6 heteroatoms. The van der Waals surface area contributed by atoms with E-state index in [9.17, 15) is 4.79 Å². The standard InChI is InChI=1S/2C26H22N2.C13H11NO/c2*27-23-15-11-21(12-16-23)25(19-7-3-1-4-8-19)26(20-9-5-2-6-10-20)22-13-17-24(28)18-14-22;14-12-8-6-11(7-9-12)13(15)10-4-2-1-3-5-10/h2*1-18H,27-28H2;1-9H,14H2/b26-25+;26-25-;. The highest BCUT2D eigenvalue weighted by Gasteiger charge is 2.18. The second-order valence-electron chi connectivity index (χ2n) is 16.8. The molecule has 0 aliphatic rings. The summed E-state index contributed by atoms with van der Waals surface area (Å²) in [6.07, 6.45) is 0. The Morgan fingerprint density at radius 3 is 0.521 bits per heavy atom. The van der Waals surface area contributed by atoms with Crippen molar-refractivity contribution in [2.24, 2.45) is 0 Å². The summed E-state index contributed by atoms with van der Waals surface area (Å²) in [4.78, 5) is 11.9. The number of anilines is 5. The zero-order valence-electron chi connectivity index (χ0n) is 39.3. The zero-order chi connectivity index (χ0) is 49.4. The van der Waals surface area contributed by atoms with E-state index in [1.165, 1.54) is 0 Å². The van der Waals surface area contributed by atoms with Crippen LogP contribution in [0.1, 0.15) is 60.4 Å². The Morgan fingerprint density at radius 1 is 0.183 bits per heavy atom. The van der Waals surface area contributed by atoms with Crippen LogP contribution in [0.4, 0.5) is 28.4 Å². The van der Waals surface area contributed by atoms with Crippen LogP contribution in [0.2, 0.25) is 0 Å². The molecular weight excluding hydrogens is 867 g/mol. The summed E-state index contributed by atoms with van der Waals surface area (Å²) < 4.78 is 0. The Labute approximate surface area is 416 Å². The number of benzene rings is 10. The van der Waals surface area contributed by atoms with Gasteiger partial charge in [-0.1, -0.05) is 200 Å². The molecule has 0 unspecified atom stereocenters. The number of carbonyl (C=O) groups is 1. The predicted molar refractivity (Wildman–Crippen MR) is 300 cm³/mol. The monoisotopic (exact) mass is 921 g/mol. The maximum Gasteiger partial charge on any atom is 0.193 e. The van der Waals surface area contributed by atoms with Crippen molar-refractivity contribution < 1.29 is 4.79 Å². The second-order valence-corrected chi connectivity index (χ2v) is 16.8. The van der Waals surface area contributed by atoms with E-state index in [0.717, 1.165) is 89.5 Å². The van der Waals surface area contributed by atoms with Crippen LogP contribution in [0, 0.1) is 0 Å². The van der Waals surface area contributed by atoms with Gasteiger partial charge in [-0.05, 0) is 140 Å². The van der Waals surface area contributed by atoms with Gasteiger partial charge in [0.2, 0.25) is 0 Å². The number of hydrogen-bond acceptors (Lipinski definition) is 6. The van der Waals surface area contributed by atoms with Crippen LogP contribution >= 0.6 is 0 Å². The van der Waals surface area contributed by atoms with E-state index >= 15 is 0 Å². The largest absolute Gasteiger partial charge is 0.399 e. The summed E-state index contributed by atoms with van der Waals surface area (Å²) in [7, 11) is 0. The van der Waals surface area contributed by atoms with E-state index in [2.05, 4.69) is 146 Å². The fourth-order valence-electron chi connectivity index (χ4n) is 8.23. The van der Waals surface area contributed by atoms with Gasteiger partial charge in [0.1, 0.15) is 0 Å². The minimum Gasteiger partial charge on any atom is -0.399 e. The third kappa shape index (κ3) is 12.5. The SMILES string of the molecule is Nc1ccc(/C(=C(/c2ccccc2)c2ccc(N)cc2)c2ccccc2)cc1.Nc1ccc(/C(=C(\c2ccccc2)c2ccc(N)cc2)c2ccccc2)cc1.Nc1ccc(C(=O)c2ccccc2)cc1. The number of nitrogen functional groups attached to an aromatic ring is 5. The van der Waals surface area contributed by atoms with Crippen molar-refractivity contribution in [3.8, 4) is 0 Å². The van der Waals surface area contributed by atoms with Crippen LogP contribution in [0.25, 0.3) is 22.3 Å². The first-order valence-corrected chi connectivity index (χ1v) is 23.3. The van der Waals surface area contributed by atoms with Gasteiger partial charge in [-0.25, -0.2) is 0 Å². The Kier molecular flexibility index (Phi) is 15.8. The molecule has 71 heavy (non-hydrogen) atoms. The Balaban J connectivity index is 0.000000150. The molecule has 0 bridgehead atoms. The summed E-state index contributed by atoms with van der Waals surface area (Å²) in [5, 5.41) is 0. The molecule has 0 amide bonds. The lowest BCUT2D eigenvalue weighted by Gasteiger charge is -2.18. The third-order valence-electron chi connectivity index (χ3n) is 11.8. The van der Waals surface area contributed by atoms with E-state index in [0.29, 0.717) is 16.8 Å². The molecule has 0 fully saturated rings. The van der Waals surface area contributed by atoms with E-state index in [1.807, 2.05) is 91.0 Å². The maximum atomic E-state index is 11.9. The number of rotatable bonds is 10. The first kappa shape index (κ1) is 47.8. The second kappa shape index (κ2) is 23.4. The van der Waals surface area contributed by atoms with Crippen molar-refractivity contribution in [2.45, 2.75) is 0 Å². The Morgan fingerprint density at radius 2 is 0.324 bits per heavy atom. The van der Waals surface area contributed by atoms with Crippen molar-refractivity contribution in [2.75, 3.05) is 28.7 Å². The fraction of sp³-hybridized carbons (Fsp3) is 0. The van der Waals surface area contributed by atoms with Crippen molar-refractivity contribution in [1.29, 1.82) is 0 Å². The van der Waals surface area contributed by atoms with Gasteiger partial charge < -0.3 is 28.7 Å². The molecule has 346 valence electrons. The number of ketones is 1. The highest BCUT2D eigenvalue weighted by molar-refractivity contribution is 6.09. The lowest BCUT2D eigenvalue weighted by atomic mass is 9.86. The van der Waals surface area contributed by atoms with Gasteiger partial charge in [0, 0.05) is 39.6 Å². The lowest BCUT2D eigenvalue weighted by molar-refractivity contribution is 0.103. The normalized spacial score (nSPS) is 11.3. The summed E-state index contributed by atoms with van der Waals surface area (Å²) in [6.45, 7) is 0. The van der Waals surface area contributed by atoms with Gasteiger partial charge in [-0.2, -0.15) is 0 Å². The summed E-state index contributed by atoms with van der Waals surface area (Å²) in [5.41, 5.74) is 48.2. The predicted octanol–water partition coefficient (Wildman–Crippen LogP) is 14.2. The molecule has 0 aromatic heterocycles. The zero-order valence-corrected chi connectivity index (χ0v) is 39.3. The summed E-state index contributed by atoms with van der Waals surface area (Å²) in [6, 6.07) is 90.2. The third-order valence-corrected chi connectivity index (χ3v) is 11.8. The summed E-state index contributed by atoms with van der Waals surface area (Å²) in [5.74, 6) is 0.0237. The van der Waals surface area contributed by atoms with Gasteiger partial charge in [0.15, 0.2) is 5.78 Å². The van der Waals surface area contributed by atoms with E-state index < -0.39 is 0 Å². The molecule has 0 atom stereocenters. The highest BCUT2D eigenvalue weighted by atomic mass is 16.1. The van der Waals surface area contributed by atoms with Gasteiger partial charge in [0.05, 0.1) is 0 Å². The quantitative estimate of drug-likeness (QED) is 0.0524. The minimum absolute atomic E-state index is 0.0237. The van der Waals surface area contributed by atoms with Crippen molar-refractivity contribution in [3.63, 3.8) is 0 Å². The van der Waals surface area contributed by atoms with Crippen molar-refractivity contribution in [3.05, 3.63) is 329 Å². The van der Waals surface area contributed by atoms with Crippen LogP contribution in [-0.2, 0) is 0 Å². The molecule has 10 aromatic rings. The number of nitrogens with two attached hydrogens (primary N) is 5. The maximum absolute atomic E-state index is 11.9.